The Morgan fingerprint density at radius 1 is 1.06 bits per heavy atom. The maximum atomic E-state index is 12.4. The molecule has 0 bridgehead atoms. The SMILES string of the molecule is CC(C)(C)OC(=O)Nc1cnccc1-c1nc2c(n1O)-c1cccnc1Nc1cnccc1-2. The van der Waals surface area contributed by atoms with Crippen molar-refractivity contribution in [3.63, 3.8) is 0 Å². The van der Waals surface area contributed by atoms with Crippen LogP contribution in [0.5, 0.6) is 0 Å². The van der Waals surface area contributed by atoms with Crippen molar-refractivity contribution in [1.29, 1.82) is 0 Å². The van der Waals surface area contributed by atoms with Gasteiger partial charge in [-0.25, -0.2) is 14.8 Å². The van der Waals surface area contributed by atoms with E-state index in [1.165, 1.54) is 6.20 Å². The van der Waals surface area contributed by atoms with Crippen LogP contribution in [0.15, 0.2) is 55.2 Å². The number of pyridine rings is 3. The van der Waals surface area contributed by atoms with Gasteiger partial charge in [0.15, 0.2) is 5.82 Å². The molecule has 0 spiro atoms. The van der Waals surface area contributed by atoms with Crippen LogP contribution in [0.1, 0.15) is 20.8 Å². The molecule has 5 heterocycles. The smallest absolute Gasteiger partial charge is 0.412 e. The molecular weight excluding hydrogens is 422 g/mol. The minimum atomic E-state index is -0.666. The number of nitrogens with one attached hydrogen (secondary N) is 2. The summed E-state index contributed by atoms with van der Waals surface area (Å²) in [6, 6.07) is 7.11. The van der Waals surface area contributed by atoms with Crippen molar-refractivity contribution in [2.24, 2.45) is 0 Å². The Labute approximate surface area is 189 Å². The first kappa shape index (κ1) is 20.4. The molecule has 1 aliphatic heterocycles. The fourth-order valence-electron chi connectivity index (χ4n) is 3.64. The van der Waals surface area contributed by atoms with E-state index >= 15 is 0 Å². The molecule has 0 aromatic carbocycles. The van der Waals surface area contributed by atoms with E-state index in [9.17, 15) is 10.0 Å². The number of fused-ring (bicyclic) bond motifs is 5. The second-order valence-corrected chi connectivity index (χ2v) is 8.44. The number of carbonyl (C=O) groups excluding carboxylic acids is 1. The Hall–Kier alpha value is -4.47. The van der Waals surface area contributed by atoms with Gasteiger partial charge in [-0.15, -0.1) is 0 Å². The van der Waals surface area contributed by atoms with Crippen LogP contribution in [-0.4, -0.2) is 41.6 Å². The van der Waals surface area contributed by atoms with Gasteiger partial charge in [0.05, 0.1) is 23.8 Å². The van der Waals surface area contributed by atoms with Crippen LogP contribution in [0.3, 0.4) is 0 Å². The molecule has 0 saturated heterocycles. The van der Waals surface area contributed by atoms with Crippen LogP contribution in [0, 0.1) is 0 Å². The number of hydrogen-bond acceptors (Lipinski definition) is 8. The number of amides is 1. The third-order valence-electron chi connectivity index (χ3n) is 4.94. The first-order valence-electron chi connectivity index (χ1n) is 10.2. The Kier molecular flexibility index (Phi) is 4.70. The van der Waals surface area contributed by atoms with Crippen molar-refractivity contribution in [3.8, 4) is 33.9 Å². The highest BCUT2D eigenvalue weighted by molar-refractivity contribution is 5.97. The molecule has 33 heavy (non-hydrogen) atoms. The lowest BCUT2D eigenvalue weighted by molar-refractivity contribution is 0.0636. The van der Waals surface area contributed by atoms with Gasteiger partial charge in [0.2, 0.25) is 0 Å². The summed E-state index contributed by atoms with van der Waals surface area (Å²) in [6.07, 6.45) is 7.41. The van der Waals surface area contributed by atoms with Gasteiger partial charge < -0.3 is 15.3 Å². The first-order chi connectivity index (χ1) is 15.8. The average Bonchev–Trinajstić information content (AvgIpc) is 3.02. The molecule has 1 amide bonds. The average molecular weight is 443 g/mol. The van der Waals surface area contributed by atoms with Crippen LogP contribution in [-0.2, 0) is 4.74 Å². The highest BCUT2D eigenvalue weighted by Gasteiger charge is 2.29. The molecule has 166 valence electrons. The number of carbonyl (C=O) groups is 1. The highest BCUT2D eigenvalue weighted by atomic mass is 16.6. The van der Waals surface area contributed by atoms with E-state index in [4.69, 9.17) is 9.72 Å². The van der Waals surface area contributed by atoms with Gasteiger partial charge in [0.25, 0.3) is 0 Å². The summed E-state index contributed by atoms with van der Waals surface area (Å²) in [5.41, 5.74) is 3.30. The lowest BCUT2D eigenvalue weighted by Crippen LogP contribution is -2.27. The number of imidazole rings is 1. The molecule has 0 atom stereocenters. The zero-order chi connectivity index (χ0) is 23.2. The number of rotatable bonds is 2. The van der Waals surface area contributed by atoms with Crippen molar-refractivity contribution < 1.29 is 14.7 Å². The molecule has 0 aliphatic carbocycles. The summed E-state index contributed by atoms with van der Waals surface area (Å²) in [6.45, 7) is 5.33. The second-order valence-electron chi connectivity index (χ2n) is 8.44. The zero-order valence-corrected chi connectivity index (χ0v) is 18.2. The maximum absolute atomic E-state index is 12.4. The summed E-state index contributed by atoms with van der Waals surface area (Å²) in [5.74, 6) is 0.794. The van der Waals surface area contributed by atoms with E-state index in [1.807, 2.05) is 12.1 Å². The van der Waals surface area contributed by atoms with E-state index in [0.717, 1.165) is 10.3 Å². The van der Waals surface area contributed by atoms with Gasteiger partial charge in [0, 0.05) is 35.3 Å². The highest BCUT2D eigenvalue weighted by Crippen LogP contribution is 2.44. The van der Waals surface area contributed by atoms with Gasteiger partial charge in [-0.1, -0.05) is 0 Å². The van der Waals surface area contributed by atoms with E-state index in [1.54, 1.807) is 57.7 Å². The lowest BCUT2D eigenvalue weighted by atomic mass is 10.1. The monoisotopic (exact) mass is 443 g/mol. The number of hydrogen-bond donors (Lipinski definition) is 3. The topological polar surface area (TPSA) is 127 Å². The molecule has 0 unspecified atom stereocenters. The summed E-state index contributed by atoms with van der Waals surface area (Å²) in [4.78, 5) is 29.9. The minimum Gasteiger partial charge on any atom is -0.444 e. The zero-order valence-electron chi connectivity index (χ0n) is 18.2. The van der Waals surface area contributed by atoms with Gasteiger partial charge in [-0.2, -0.15) is 4.73 Å². The van der Waals surface area contributed by atoms with Crippen LogP contribution in [0.2, 0.25) is 0 Å². The van der Waals surface area contributed by atoms with Crippen molar-refractivity contribution in [2.75, 3.05) is 10.6 Å². The summed E-state index contributed by atoms with van der Waals surface area (Å²) < 4.78 is 6.37. The molecule has 4 aromatic rings. The first-order valence-corrected chi connectivity index (χ1v) is 10.2. The molecule has 5 rings (SSSR count). The predicted octanol–water partition coefficient (Wildman–Crippen LogP) is 4.71. The molecule has 0 radical (unpaired) electrons. The van der Waals surface area contributed by atoms with Gasteiger partial charge in [-0.05, 0) is 45.0 Å². The van der Waals surface area contributed by atoms with Crippen LogP contribution in [0.4, 0.5) is 22.0 Å². The second kappa shape index (κ2) is 7.59. The molecule has 0 saturated carbocycles. The predicted molar refractivity (Wildman–Crippen MR) is 122 cm³/mol. The Balaban J connectivity index is 1.67. The van der Waals surface area contributed by atoms with Crippen LogP contribution in [0.25, 0.3) is 33.9 Å². The quantitative estimate of drug-likeness (QED) is 0.335. The van der Waals surface area contributed by atoms with Crippen LogP contribution < -0.4 is 10.6 Å². The van der Waals surface area contributed by atoms with E-state index in [0.29, 0.717) is 39.7 Å². The fraction of sp³-hybridized carbons (Fsp3) is 0.174. The third-order valence-corrected chi connectivity index (χ3v) is 4.94. The normalized spacial score (nSPS) is 12.0. The Bertz CT molecular complexity index is 1370. The molecule has 3 N–H and O–H groups in total. The Morgan fingerprint density at radius 2 is 1.82 bits per heavy atom. The largest absolute Gasteiger partial charge is 0.444 e. The van der Waals surface area contributed by atoms with Crippen LogP contribution >= 0.6 is 0 Å². The van der Waals surface area contributed by atoms with Crippen molar-refractivity contribution in [2.45, 2.75) is 26.4 Å². The van der Waals surface area contributed by atoms with E-state index < -0.39 is 11.7 Å². The van der Waals surface area contributed by atoms with E-state index in [2.05, 4.69) is 25.6 Å². The van der Waals surface area contributed by atoms with Gasteiger partial charge in [0.1, 0.15) is 22.8 Å². The van der Waals surface area contributed by atoms with Gasteiger partial charge in [-0.3, -0.25) is 15.3 Å². The fourth-order valence-corrected chi connectivity index (χ4v) is 3.64. The number of ether oxygens (including phenoxy) is 1. The van der Waals surface area contributed by atoms with Crippen molar-refractivity contribution in [3.05, 3.63) is 55.2 Å². The summed E-state index contributed by atoms with van der Waals surface area (Å²) in [7, 11) is 0. The number of aromatic nitrogens is 5. The third kappa shape index (κ3) is 3.71. The number of anilines is 3. The Morgan fingerprint density at radius 3 is 2.61 bits per heavy atom. The van der Waals surface area contributed by atoms with E-state index in [-0.39, 0.29) is 5.82 Å². The molecular formula is C23H21N7O3. The van der Waals surface area contributed by atoms with Crippen molar-refractivity contribution >= 4 is 23.3 Å². The summed E-state index contributed by atoms with van der Waals surface area (Å²) in [5, 5.41) is 17.3. The standard InChI is InChI=1S/C23H21N7O3/c1-23(2,3)33-22(31)28-17-12-25-10-7-14(17)21-29-18-13-6-9-24-11-16(13)27-20-15(5-4-8-26-20)19(18)30(21)32/h4-12,32H,1-3H3,(H,26,27)(H,28,31). The lowest BCUT2D eigenvalue weighted by Gasteiger charge is -2.20. The molecule has 10 heteroatoms. The van der Waals surface area contributed by atoms with Crippen molar-refractivity contribution in [1.82, 2.24) is 24.7 Å². The molecule has 0 fully saturated rings. The molecule has 10 nitrogen and oxygen atoms in total. The minimum absolute atomic E-state index is 0.230. The maximum Gasteiger partial charge on any atom is 0.412 e. The molecule has 1 aliphatic rings. The summed E-state index contributed by atoms with van der Waals surface area (Å²) >= 11 is 0. The van der Waals surface area contributed by atoms with Gasteiger partial charge >= 0.3 is 6.09 Å². The molecule has 4 aromatic heterocycles. The number of nitrogens with zero attached hydrogens (tertiary/aromatic N) is 5.